The molecule has 4 rings (SSSR count). The zero-order chi connectivity index (χ0) is 14.6. The number of para-hydroxylation sites is 1. The second-order valence-corrected chi connectivity index (χ2v) is 6.48. The molecule has 1 nitrogen and oxygen atoms in total. The van der Waals surface area contributed by atoms with Crippen molar-refractivity contribution in [3.05, 3.63) is 70.9 Å². The smallest absolute Gasteiger partial charge is 0.0483 e. The summed E-state index contributed by atoms with van der Waals surface area (Å²) < 4.78 is 2.42. The van der Waals surface area contributed by atoms with Gasteiger partial charge in [0.25, 0.3) is 0 Å². The fourth-order valence-electron chi connectivity index (χ4n) is 4.06. The van der Waals surface area contributed by atoms with Gasteiger partial charge in [0.2, 0.25) is 0 Å². The lowest BCUT2D eigenvalue weighted by Gasteiger charge is -2.15. The van der Waals surface area contributed by atoms with Crippen LogP contribution in [0.2, 0.25) is 0 Å². The molecule has 1 aromatic heterocycles. The molecule has 0 aliphatic heterocycles. The van der Waals surface area contributed by atoms with Crippen LogP contribution in [0.15, 0.2) is 48.5 Å². The van der Waals surface area contributed by atoms with Crippen LogP contribution in [0, 0.1) is 6.92 Å². The van der Waals surface area contributed by atoms with E-state index >= 15 is 0 Å². The Morgan fingerprint density at radius 3 is 2.48 bits per heavy atom. The fourth-order valence-corrected chi connectivity index (χ4v) is 4.06. The van der Waals surface area contributed by atoms with Crippen molar-refractivity contribution in [1.82, 2.24) is 4.57 Å². The lowest BCUT2D eigenvalue weighted by molar-refractivity contribution is 0.667. The van der Waals surface area contributed by atoms with E-state index in [0.29, 0.717) is 11.8 Å². The van der Waals surface area contributed by atoms with E-state index in [0.717, 1.165) is 0 Å². The molecule has 0 saturated heterocycles. The van der Waals surface area contributed by atoms with Gasteiger partial charge in [0.1, 0.15) is 0 Å². The van der Waals surface area contributed by atoms with Crippen LogP contribution >= 0.6 is 0 Å². The van der Waals surface area contributed by atoms with Crippen molar-refractivity contribution in [1.29, 1.82) is 0 Å². The van der Waals surface area contributed by atoms with Crippen LogP contribution in [0.1, 0.15) is 47.6 Å². The summed E-state index contributed by atoms with van der Waals surface area (Å²) in [5, 5.41) is 1.44. The number of hydrogen-bond donors (Lipinski definition) is 0. The molecule has 0 fully saturated rings. The maximum absolute atomic E-state index is 2.42. The van der Waals surface area contributed by atoms with Gasteiger partial charge < -0.3 is 4.57 Å². The Labute approximate surface area is 126 Å². The molecule has 1 heterocycles. The van der Waals surface area contributed by atoms with E-state index in [2.05, 4.69) is 74.0 Å². The molecule has 0 amide bonds. The van der Waals surface area contributed by atoms with Gasteiger partial charge in [-0.25, -0.2) is 0 Å². The number of aromatic nitrogens is 1. The van der Waals surface area contributed by atoms with Gasteiger partial charge in [0.05, 0.1) is 0 Å². The van der Waals surface area contributed by atoms with Gasteiger partial charge in [-0.05, 0) is 36.5 Å². The Balaban J connectivity index is 1.95. The van der Waals surface area contributed by atoms with Crippen molar-refractivity contribution in [2.75, 3.05) is 0 Å². The highest BCUT2D eigenvalue weighted by molar-refractivity contribution is 5.87. The van der Waals surface area contributed by atoms with E-state index in [1.165, 1.54) is 34.1 Å². The first-order valence-corrected chi connectivity index (χ1v) is 7.80. The summed E-state index contributed by atoms with van der Waals surface area (Å²) in [5.41, 5.74) is 7.25. The van der Waals surface area contributed by atoms with Crippen molar-refractivity contribution in [2.45, 2.75) is 32.1 Å². The minimum atomic E-state index is 0.535. The molecular weight excluding hydrogens is 254 g/mol. The van der Waals surface area contributed by atoms with Crippen LogP contribution in [-0.2, 0) is 7.05 Å². The minimum Gasteiger partial charge on any atom is -0.347 e. The van der Waals surface area contributed by atoms with Gasteiger partial charge in [0, 0.05) is 29.6 Å². The minimum absolute atomic E-state index is 0.535. The predicted molar refractivity (Wildman–Crippen MR) is 89.0 cm³/mol. The first kappa shape index (κ1) is 12.7. The largest absolute Gasteiger partial charge is 0.347 e. The number of aryl methyl sites for hydroxylation is 2. The predicted octanol–water partition coefficient (Wildman–Crippen LogP) is 5.13. The molecule has 0 N–H and O–H groups in total. The molecule has 106 valence electrons. The Hall–Kier alpha value is -2.02. The van der Waals surface area contributed by atoms with Crippen LogP contribution in [0.3, 0.4) is 0 Å². The van der Waals surface area contributed by atoms with Gasteiger partial charge in [-0.15, -0.1) is 0 Å². The third-order valence-electron chi connectivity index (χ3n) is 5.08. The monoisotopic (exact) mass is 275 g/mol. The van der Waals surface area contributed by atoms with Crippen molar-refractivity contribution in [3.63, 3.8) is 0 Å². The van der Waals surface area contributed by atoms with Crippen molar-refractivity contribution >= 4 is 10.9 Å². The normalized spacial score (nSPS) is 20.9. The van der Waals surface area contributed by atoms with E-state index in [4.69, 9.17) is 0 Å². The average molecular weight is 275 g/mol. The lowest BCUT2D eigenvalue weighted by Crippen LogP contribution is -2.03. The first-order valence-electron chi connectivity index (χ1n) is 7.80. The molecule has 1 aliphatic carbocycles. The summed E-state index contributed by atoms with van der Waals surface area (Å²) in [6.07, 6.45) is 1.23. The third-order valence-corrected chi connectivity index (χ3v) is 5.08. The first-order chi connectivity index (χ1) is 10.2. The standard InChI is InChI=1S/C20H21N/c1-13-8-10-15(11-9-13)17-12-14(2)19-16-6-4-5-7-18(16)21(3)20(17)19/h4-11,14,17H,12H2,1-3H3/t14-,17+/m0/s1. The van der Waals surface area contributed by atoms with Crippen LogP contribution in [-0.4, -0.2) is 4.57 Å². The van der Waals surface area contributed by atoms with E-state index in [1.807, 2.05) is 0 Å². The van der Waals surface area contributed by atoms with Crippen molar-refractivity contribution in [2.24, 2.45) is 7.05 Å². The summed E-state index contributed by atoms with van der Waals surface area (Å²) in [5.74, 6) is 1.17. The highest BCUT2D eigenvalue weighted by Gasteiger charge is 2.34. The Morgan fingerprint density at radius 2 is 1.71 bits per heavy atom. The van der Waals surface area contributed by atoms with Gasteiger partial charge in [-0.1, -0.05) is 55.0 Å². The lowest BCUT2D eigenvalue weighted by atomic mass is 9.94. The second kappa shape index (κ2) is 4.49. The summed E-state index contributed by atoms with van der Waals surface area (Å²) in [7, 11) is 2.22. The van der Waals surface area contributed by atoms with E-state index in [1.54, 1.807) is 5.56 Å². The molecule has 2 aromatic carbocycles. The molecule has 1 heteroatoms. The van der Waals surface area contributed by atoms with Gasteiger partial charge in [-0.2, -0.15) is 0 Å². The Bertz CT molecular complexity index is 808. The highest BCUT2D eigenvalue weighted by atomic mass is 15.0. The highest BCUT2D eigenvalue weighted by Crippen LogP contribution is 2.49. The van der Waals surface area contributed by atoms with Crippen molar-refractivity contribution in [3.8, 4) is 0 Å². The number of nitrogens with zero attached hydrogens (tertiary/aromatic N) is 1. The summed E-state index contributed by atoms with van der Waals surface area (Å²) >= 11 is 0. The average Bonchev–Trinajstić information content (AvgIpc) is 2.98. The zero-order valence-electron chi connectivity index (χ0n) is 12.9. The molecule has 0 spiro atoms. The van der Waals surface area contributed by atoms with Gasteiger partial charge >= 0.3 is 0 Å². The molecule has 21 heavy (non-hydrogen) atoms. The van der Waals surface area contributed by atoms with Gasteiger partial charge in [0.15, 0.2) is 0 Å². The quantitative estimate of drug-likeness (QED) is 0.580. The molecule has 2 atom stereocenters. The zero-order valence-corrected chi connectivity index (χ0v) is 12.9. The van der Waals surface area contributed by atoms with E-state index in [-0.39, 0.29) is 0 Å². The Morgan fingerprint density at radius 1 is 1.00 bits per heavy atom. The van der Waals surface area contributed by atoms with E-state index < -0.39 is 0 Å². The SMILES string of the molecule is Cc1ccc([C@H]2C[C@H](C)c3c2n(C)c2ccccc32)cc1. The fraction of sp³-hybridized carbons (Fsp3) is 0.300. The number of rotatable bonds is 1. The molecule has 0 bridgehead atoms. The molecule has 3 aromatic rings. The number of fused-ring (bicyclic) bond motifs is 3. The summed E-state index contributed by atoms with van der Waals surface area (Å²) in [4.78, 5) is 0. The summed E-state index contributed by atoms with van der Waals surface area (Å²) in [6, 6.07) is 17.9. The van der Waals surface area contributed by atoms with Crippen molar-refractivity contribution < 1.29 is 0 Å². The van der Waals surface area contributed by atoms with Crippen LogP contribution in [0.4, 0.5) is 0 Å². The van der Waals surface area contributed by atoms with Crippen LogP contribution < -0.4 is 0 Å². The summed E-state index contributed by atoms with van der Waals surface area (Å²) in [6.45, 7) is 4.53. The molecule has 1 aliphatic rings. The number of hydrogen-bond acceptors (Lipinski definition) is 0. The topological polar surface area (TPSA) is 4.93 Å². The maximum Gasteiger partial charge on any atom is 0.0483 e. The molecular formula is C20H21N. The van der Waals surface area contributed by atoms with Crippen LogP contribution in [0.25, 0.3) is 10.9 Å². The number of benzene rings is 2. The molecule has 0 saturated carbocycles. The molecule has 0 unspecified atom stereocenters. The molecule has 0 radical (unpaired) electrons. The Kier molecular flexibility index (Phi) is 2.72. The third kappa shape index (κ3) is 1.77. The maximum atomic E-state index is 2.42. The second-order valence-electron chi connectivity index (χ2n) is 6.48. The van der Waals surface area contributed by atoms with Crippen LogP contribution in [0.5, 0.6) is 0 Å². The van der Waals surface area contributed by atoms with E-state index in [9.17, 15) is 0 Å². The van der Waals surface area contributed by atoms with Gasteiger partial charge in [-0.3, -0.25) is 0 Å².